The van der Waals surface area contributed by atoms with Gasteiger partial charge in [-0.3, -0.25) is 4.79 Å². The van der Waals surface area contributed by atoms with Crippen LogP contribution in [0.25, 0.3) is 0 Å². The van der Waals surface area contributed by atoms with Gasteiger partial charge < -0.3 is 14.8 Å². The first-order chi connectivity index (χ1) is 9.11. The molecule has 1 heterocycles. The first kappa shape index (κ1) is 14.2. The van der Waals surface area contributed by atoms with Crippen LogP contribution in [0.2, 0.25) is 5.02 Å². The van der Waals surface area contributed by atoms with E-state index in [0.29, 0.717) is 16.3 Å². The molecule has 0 radical (unpaired) electrons. The first-order valence-corrected chi connectivity index (χ1v) is 6.75. The summed E-state index contributed by atoms with van der Waals surface area (Å²) in [6, 6.07) is 4.96. The number of carbonyl (C=O) groups is 1. The summed E-state index contributed by atoms with van der Waals surface area (Å²) in [5.41, 5.74) is 0.444. The Morgan fingerprint density at radius 2 is 2.37 bits per heavy atom. The molecule has 0 bridgehead atoms. The topological polar surface area (TPSA) is 47.6 Å². The molecule has 1 amide bonds. The Bertz CT molecular complexity index is 458. The summed E-state index contributed by atoms with van der Waals surface area (Å²) in [7, 11) is 1.53. The van der Waals surface area contributed by atoms with Gasteiger partial charge in [-0.1, -0.05) is 11.6 Å². The standard InChI is InChI=1S/C14H18ClNO3/c1-9(12-4-3-7-19-12)16-14(17)11-8-10(15)5-6-13(11)18-2/h5-6,8-9,12H,3-4,7H2,1-2H3,(H,16,17)/t9-,12-/m1/s1. The Hall–Kier alpha value is -1.26. The van der Waals surface area contributed by atoms with Gasteiger partial charge in [0.05, 0.1) is 24.8 Å². The lowest BCUT2D eigenvalue weighted by atomic mass is 10.1. The molecule has 4 nitrogen and oxygen atoms in total. The van der Waals surface area contributed by atoms with Crippen molar-refractivity contribution < 1.29 is 14.3 Å². The summed E-state index contributed by atoms with van der Waals surface area (Å²) >= 11 is 5.92. The van der Waals surface area contributed by atoms with E-state index in [1.807, 2.05) is 6.92 Å². The fraction of sp³-hybridized carbons (Fsp3) is 0.500. The van der Waals surface area contributed by atoms with Crippen LogP contribution in [0.5, 0.6) is 5.75 Å². The van der Waals surface area contributed by atoms with E-state index in [1.165, 1.54) is 7.11 Å². The highest BCUT2D eigenvalue weighted by molar-refractivity contribution is 6.31. The number of halogens is 1. The van der Waals surface area contributed by atoms with Gasteiger partial charge in [-0.05, 0) is 38.0 Å². The molecule has 0 unspecified atom stereocenters. The van der Waals surface area contributed by atoms with Crippen molar-refractivity contribution >= 4 is 17.5 Å². The molecule has 1 N–H and O–H groups in total. The molecule has 2 rings (SSSR count). The van der Waals surface area contributed by atoms with Gasteiger partial charge in [0.1, 0.15) is 5.75 Å². The molecule has 2 atom stereocenters. The molecule has 0 aliphatic carbocycles. The maximum atomic E-state index is 12.2. The number of hydrogen-bond donors (Lipinski definition) is 1. The Kier molecular flexibility index (Phi) is 4.66. The zero-order chi connectivity index (χ0) is 13.8. The van der Waals surface area contributed by atoms with Crippen molar-refractivity contribution in [1.82, 2.24) is 5.32 Å². The van der Waals surface area contributed by atoms with Gasteiger partial charge in [-0.15, -0.1) is 0 Å². The Morgan fingerprint density at radius 3 is 3.00 bits per heavy atom. The molecule has 0 saturated carbocycles. The van der Waals surface area contributed by atoms with Crippen LogP contribution in [-0.2, 0) is 4.74 Å². The highest BCUT2D eigenvalue weighted by atomic mass is 35.5. The second-order valence-corrected chi connectivity index (χ2v) is 5.09. The van der Waals surface area contributed by atoms with Crippen molar-refractivity contribution in [2.24, 2.45) is 0 Å². The van der Waals surface area contributed by atoms with Gasteiger partial charge in [0.2, 0.25) is 0 Å². The number of benzene rings is 1. The molecule has 1 aromatic carbocycles. The zero-order valence-corrected chi connectivity index (χ0v) is 11.9. The van der Waals surface area contributed by atoms with E-state index in [1.54, 1.807) is 18.2 Å². The first-order valence-electron chi connectivity index (χ1n) is 6.38. The van der Waals surface area contributed by atoms with E-state index in [0.717, 1.165) is 19.4 Å². The van der Waals surface area contributed by atoms with Crippen molar-refractivity contribution in [3.63, 3.8) is 0 Å². The average molecular weight is 284 g/mol. The van der Waals surface area contributed by atoms with Crippen LogP contribution in [0, 0.1) is 0 Å². The van der Waals surface area contributed by atoms with E-state index < -0.39 is 0 Å². The third kappa shape index (κ3) is 3.39. The Morgan fingerprint density at radius 1 is 1.58 bits per heavy atom. The molecule has 1 aliphatic rings. The second kappa shape index (κ2) is 6.26. The van der Waals surface area contributed by atoms with Crippen molar-refractivity contribution in [1.29, 1.82) is 0 Å². The number of nitrogens with one attached hydrogen (secondary N) is 1. The van der Waals surface area contributed by atoms with Crippen LogP contribution in [-0.4, -0.2) is 31.8 Å². The molecule has 1 saturated heterocycles. The predicted octanol–water partition coefficient (Wildman–Crippen LogP) is 2.65. The highest BCUT2D eigenvalue weighted by Gasteiger charge is 2.25. The largest absolute Gasteiger partial charge is 0.496 e. The maximum absolute atomic E-state index is 12.2. The molecule has 0 aromatic heterocycles. The fourth-order valence-electron chi connectivity index (χ4n) is 2.23. The van der Waals surface area contributed by atoms with Crippen molar-refractivity contribution in [2.45, 2.75) is 31.9 Å². The summed E-state index contributed by atoms with van der Waals surface area (Å²) in [5, 5.41) is 3.45. The van der Waals surface area contributed by atoms with Crippen LogP contribution >= 0.6 is 11.6 Å². The summed E-state index contributed by atoms with van der Waals surface area (Å²) in [6.07, 6.45) is 2.12. The van der Waals surface area contributed by atoms with Crippen LogP contribution in [0.3, 0.4) is 0 Å². The van der Waals surface area contributed by atoms with Gasteiger partial charge in [0.15, 0.2) is 0 Å². The lowest BCUT2D eigenvalue weighted by Crippen LogP contribution is -2.40. The number of carbonyl (C=O) groups excluding carboxylic acids is 1. The van der Waals surface area contributed by atoms with E-state index >= 15 is 0 Å². The Labute approximate surface area is 118 Å². The number of ether oxygens (including phenoxy) is 2. The molecule has 1 fully saturated rings. The van der Waals surface area contributed by atoms with Gasteiger partial charge in [0, 0.05) is 11.6 Å². The van der Waals surface area contributed by atoms with Gasteiger partial charge in [0.25, 0.3) is 5.91 Å². The monoisotopic (exact) mass is 283 g/mol. The molecule has 5 heteroatoms. The molecule has 1 aromatic rings. The summed E-state index contributed by atoms with van der Waals surface area (Å²) in [4.78, 5) is 12.2. The smallest absolute Gasteiger partial charge is 0.255 e. The normalized spacial score (nSPS) is 20.1. The van der Waals surface area contributed by atoms with Crippen LogP contribution < -0.4 is 10.1 Å². The molecule has 0 spiro atoms. The summed E-state index contributed by atoms with van der Waals surface area (Å²) < 4.78 is 10.7. The van der Waals surface area contributed by atoms with Gasteiger partial charge in [-0.2, -0.15) is 0 Å². The van der Waals surface area contributed by atoms with E-state index in [9.17, 15) is 4.79 Å². The maximum Gasteiger partial charge on any atom is 0.255 e. The highest BCUT2D eigenvalue weighted by Crippen LogP contribution is 2.23. The minimum absolute atomic E-state index is 0.0290. The molecular formula is C14H18ClNO3. The third-order valence-corrected chi connectivity index (χ3v) is 3.52. The number of rotatable bonds is 4. The number of hydrogen-bond acceptors (Lipinski definition) is 3. The predicted molar refractivity (Wildman–Crippen MR) is 73.9 cm³/mol. The number of amides is 1. The summed E-state index contributed by atoms with van der Waals surface area (Å²) in [5.74, 6) is 0.323. The zero-order valence-electron chi connectivity index (χ0n) is 11.1. The van der Waals surface area contributed by atoms with E-state index in [2.05, 4.69) is 5.32 Å². The van der Waals surface area contributed by atoms with Gasteiger partial charge >= 0.3 is 0 Å². The van der Waals surface area contributed by atoms with Crippen molar-refractivity contribution in [2.75, 3.05) is 13.7 Å². The second-order valence-electron chi connectivity index (χ2n) is 4.66. The summed E-state index contributed by atoms with van der Waals surface area (Å²) in [6.45, 7) is 2.72. The minimum atomic E-state index is -0.192. The molecule has 104 valence electrons. The number of methoxy groups -OCH3 is 1. The van der Waals surface area contributed by atoms with E-state index in [4.69, 9.17) is 21.1 Å². The lowest BCUT2D eigenvalue weighted by Gasteiger charge is -2.20. The third-order valence-electron chi connectivity index (χ3n) is 3.29. The van der Waals surface area contributed by atoms with Gasteiger partial charge in [-0.25, -0.2) is 0 Å². The molecule has 19 heavy (non-hydrogen) atoms. The van der Waals surface area contributed by atoms with Crippen LogP contribution in [0.15, 0.2) is 18.2 Å². The lowest BCUT2D eigenvalue weighted by molar-refractivity contribution is 0.0710. The van der Waals surface area contributed by atoms with Crippen LogP contribution in [0.4, 0.5) is 0 Å². The van der Waals surface area contributed by atoms with Crippen molar-refractivity contribution in [3.05, 3.63) is 28.8 Å². The fourth-order valence-corrected chi connectivity index (χ4v) is 2.40. The van der Waals surface area contributed by atoms with E-state index in [-0.39, 0.29) is 18.1 Å². The molecule has 1 aliphatic heterocycles. The van der Waals surface area contributed by atoms with Crippen LogP contribution in [0.1, 0.15) is 30.1 Å². The SMILES string of the molecule is COc1ccc(Cl)cc1C(=O)N[C@H](C)[C@H]1CCCO1. The minimum Gasteiger partial charge on any atom is -0.496 e. The quantitative estimate of drug-likeness (QED) is 0.924. The molecular weight excluding hydrogens is 266 g/mol. The Balaban J connectivity index is 2.08. The van der Waals surface area contributed by atoms with Crippen molar-refractivity contribution in [3.8, 4) is 5.75 Å². The average Bonchev–Trinajstić information content (AvgIpc) is 2.92.